The lowest BCUT2D eigenvalue weighted by atomic mass is 10.0. The molecule has 2 aliphatic heterocycles. The molecule has 0 N–H and O–H groups in total. The number of benzene rings is 3. The van der Waals surface area contributed by atoms with E-state index in [9.17, 15) is 0 Å². The summed E-state index contributed by atoms with van der Waals surface area (Å²) in [5.74, 6) is 0. The predicted molar refractivity (Wildman–Crippen MR) is 199 cm³/mol. The van der Waals surface area contributed by atoms with Gasteiger partial charge < -0.3 is 19.6 Å². The van der Waals surface area contributed by atoms with Crippen molar-refractivity contribution in [2.75, 3.05) is 36.2 Å². The van der Waals surface area contributed by atoms with Crippen LogP contribution in [0.25, 0.3) is 22.3 Å². The van der Waals surface area contributed by atoms with Gasteiger partial charge in [-0.15, -0.1) is 0 Å². The zero-order chi connectivity index (χ0) is 32.4. The third kappa shape index (κ3) is 8.24. The van der Waals surface area contributed by atoms with Crippen LogP contribution in [0.15, 0.2) is 134 Å². The van der Waals surface area contributed by atoms with E-state index >= 15 is 0 Å². The van der Waals surface area contributed by atoms with Crippen molar-refractivity contribution in [2.45, 2.75) is 51.4 Å². The van der Waals surface area contributed by atoms with E-state index in [1.807, 2.05) is 18.3 Å². The first-order chi connectivity index (χ1) is 23.8. The Balaban J connectivity index is 0.751. The monoisotopic (exact) mass is 634 g/mol. The van der Waals surface area contributed by atoms with Gasteiger partial charge in [0, 0.05) is 60.8 Å². The van der Waals surface area contributed by atoms with Gasteiger partial charge in [0.2, 0.25) is 0 Å². The van der Waals surface area contributed by atoms with Crippen LogP contribution in [0.4, 0.5) is 11.4 Å². The quantitative estimate of drug-likeness (QED) is 0.107. The summed E-state index contributed by atoms with van der Waals surface area (Å²) in [5.41, 5.74) is 8.15. The van der Waals surface area contributed by atoms with Crippen LogP contribution in [0.3, 0.4) is 0 Å². The molecule has 0 atom stereocenters. The van der Waals surface area contributed by atoms with Crippen molar-refractivity contribution in [1.82, 2.24) is 19.8 Å². The molecule has 4 heterocycles. The predicted octanol–water partition coefficient (Wildman–Crippen LogP) is 9.22. The lowest BCUT2D eigenvalue weighted by Crippen LogP contribution is -2.27. The van der Waals surface area contributed by atoms with E-state index in [0.717, 1.165) is 61.6 Å². The molecular formula is C42H46N6. The molecule has 6 heteroatoms. The van der Waals surface area contributed by atoms with Crippen molar-refractivity contribution in [1.29, 1.82) is 0 Å². The maximum absolute atomic E-state index is 4.78. The molecule has 0 amide bonds. The molecule has 0 bridgehead atoms. The number of hydrogen-bond donors (Lipinski definition) is 0. The molecule has 48 heavy (non-hydrogen) atoms. The summed E-state index contributed by atoms with van der Waals surface area (Å²) in [6.45, 7) is 4.06. The SMILES string of the molecule is C1=CN(c2ccccc2)CN1CCCCN1C=CN(c2ccc(CCCCCCc3ccc(-c4ccc5ccccc5n4)nc3)cc2)C1. The first kappa shape index (κ1) is 31.5. The second-order valence-corrected chi connectivity index (χ2v) is 13.0. The third-order valence-electron chi connectivity index (χ3n) is 9.45. The Bertz CT molecular complexity index is 1800. The maximum atomic E-state index is 4.78. The number of hydrogen-bond acceptors (Lipinski definition) is 6. The van der Waals surface area contributed by atoms with Gasteiger partial charge in [-0.05, 0) is 92.1 Å². The van der Waals surface area contributed by atoms with E-state index in [4.69, 9.17) is 9.97 Å². The van der Waals surface area contributed by atoms with E-state index < -0.39 is 0 Å². The molecule has 0 unspecified atom stereocenters. The minimum Gasteiger partial charge on any atom is -0.358 e. The molecule has 0 radical (unpaired) electrons. The van der Waals surface area contributed by atoms with Crippen LogP contribution >= 0.6 is 0 Å². The standard InChI is InChI=1S/C42H46N6/c1(2-5-13-36-20-24-41(43-32-36)42-25-21-37-14-8-9-17-40(37)44-42)4-12-35-18-22-39(23-19-35)48-31-29-46(34-48)27-11-10-26-45-28-30-47(33-45)38-15-6-3-7-16-38/h3,6-9,14-25,28-32H,1-2,4-5,10-13,26-27,33-34H2. The molecule has 0 spiro atoms. The van der Waals surface area contributed by atoms with E-state index in [-0.39, 0.29) is 0 Å². The highest BCUT2D eigenvalue weighted by molar-refractivity contribution is 5.80. The minimum absolute atomic E-state index is 0.931. The van der Waals surface area contributed by atoms with Crippen LogP contribution in [0.2, 0.25) is 0 Å². The second-order valence-electron chi connectivity index (χ2n) is 13.0. The fourth-order valence-corrected chi connectivity index (χ4v) is 6.60. The van der Waals surface area contributed by atoms with Gasteiger partial charge in [-0.2, -0.15) is 0 Å². The Morgan fingerprint density at radius 3 is 1.77 bits per heavy atom. The number of para-hydroxylation sites is 2. The first-order valence-corrected chi connectivity index (χ1v) is 17.6. The highest BCUT2D eigenvalue weighted by atomic mass is 15.3. The first-order valence-electron chi connectivity index (χ1n) is 17.6. The summed E-state index contributed by atoms with van der Waals surface area (Å²) in [6.07, 6.45) is 20.5. The molecule has 244 valence electrons. The highest BCUT2D eigenvalue weighted by Crippen LogP contribution is 2.23. The molecular weight excluding hydrogens is 589 g/mol. The van der Waals surface area contributed by atoms with Crippen LogP contribution in [0, 0.1) is 0 Å². The van der Waals surface area contributed by atoms with Gasteiger partial charge in [0.25, 0.3) is 0 Å². The minimum atomic E-state index is 0.931. The number of fused-ring (bicyclic) bond motifs is 1. The maximum Gasteiger partial charge on any atom is 0.0941 e. The average molecular weight is 635 g/mol. The molecule has 0 saturated carbocycles. The van der Waals surface area contributed by atoms with Crippen molar-refractivity contribution in [3.8, 4) is 11.4 Å². The third-order valence-corrected chi connectivity index (χ3v) is 9.45. The van der Waals surface area contributed by atoms with Crippen LogP contribution in [-0.2, 0) is 12.8 Å². The number of nitrogens with zero attached hydrogens (tertiary/aromatic N) is 6. The molecule has 0 aliphatic carbocycles. The van der Waals surface area contributed by atoms with E-state index in [0.29, 0.717) is 0 Å². The van der Waals surface area contributed by atoms with Crippen molar-refractivity contribution >= 4 is 22.3 Å². The van der Waals surface area contributed by atoms with Gasteiger partial charge in [0.15, 0.2) is 0 Å². The normalized spacial score (nSPS) is 14.2. The lowest BCUT2D eigenvalue weighted by Gasteiger charge is -2.23. The molecule has 2 aromatic heterocycles. The Kier molecular flexibility index (Phi) is 10.3. The topological polar surface area (TPSA) is 38.7 Å². The summed E-state index contributed by atoms with van der Waals surface area (Å²) >= 11 is 0. The van der Waals surface area contributed by atoms with Crippen LogP contribution in [-0.4, -0.2) is 46.2 Å². The van der Waals surface area contributed by atoms with E-state index in [1.165, 1.54) is 61.0 Å². The fourth-order valence-electron chi connectivity index (χ4n) is 6.60. The number of rotatable bonds is 15. The van der Waals surface area contributed by atoms with Crippen molar-refractivity contribution in [3.63, 3.8) is 0 Å². The second kappa shape index (κ2) is 15.7. The van der Waals surface area contributed by atoms with E-state index in [2.05, 4.69) is 135 Å². The Labute approximate surface area is 285 Å². The molecule has 7 rings (SSSR count). The Morgan fingerprint density at radius 2 is 1.08 bits per heavy atom. The molecule has 6 nitrogen and oxygen atoms in total. The van der Waals surface area contributed by atoms with Gasteiger partial charge in [0.05, 0.1) is 30.2 Å². The molecule has 0 fully saturated rings. The lowest BCUT2D eigenvalue weighted by molar-refractivity contribution is 0.354. The molecule has 5 aromatic rings. The summed E-state index contributed by atoms with van der Waals surface area (Å²) in [7, 11) is 0. The smallest absolute Gasteiger partial charge is 0.0941 e. The van der Waals surface area contributed by atoms with Crippen molar-refractivity contribution in [2.24, 2.45) is 0 Å². The summed E-state index contributed by atoms with van der Waals surface area (Å²) < 4.78 is 0. The fraction of sp³-hybridized carbons (Fsp3) is 0.286. The number of aryl methyl sites for hydroxylation is 2. The van der Waals surface area contributed by atoms with Gasteiger partial charge in [-0.25, -0.2) is 4.98 Å². The van der Waals surface area contributed by atoms with Crippen molar-refractivity contribution in [3.05, 3.63) is 145 Å². The van der Waals surface area contributed by atoms with E-state index in [1.54, 1.807) is 0 Å². The Morgan fingerprint density at radius 1 is 0.479 bits per heavy atom. The number of pyridine rings is 2. The average Bonchev–Trinajstić information content (AvgIpc) is 3.83. The summed E-state index contributed by atoms with van der Waals surface area (Å²) in [5, 5.41) is 1.16. The van der Waals surface area contributed by atoms with Gasteiger partial charge in [0.1, 0.15) is 0 Å². The molecule has 0 saturated heterocycles. The van der Waals surface area contributed by atoms with Crippen molar-refractivity contribution < 1.29 is 0 Å². The summed E-state index contributed by atoms with van der Waals surface area (Å²) in [6, 6.07) is 36.5. The zero-order valence-electron chi connectivity index (χ0n) is 27.9. The zero-order valence-corrected chi connectivity index (χ0v) is 27.9. The number of unbranched alkanes of at least 4 members (excludes halogenated alkanes) is 4. The highest BCUT2D eigenvalue weighted by Gasteiger charge is 2.15. The van der Waals surface area contributed by atoms with Gasteiger partial charge in [-0.3, -0.25) is 4.98 Å². The van der Waals surface area contributed by atoms with Gasteiger partial charge >= 0.3 is 0 Å². The summed E-state index contributed by atoms with van der Waals surface area (Å²) in [4.78, 5) is 19.0. The number of aromatic nitrogens is 2. The van der Waals surface area contributed by atoms with Gasteiger partial charge in [-0.1, -0.05) is 73.5 Å². The number of anilines is 2. The van der Waals surface area contributed by atoms with Crippen LogP contribution in [0.5, 0.6) is 0 Å². The Hall–Kier alpha value is -5.10. The molecule has 2 aliphatic rings. The van der Waals surface area contributed by atoms with Crippen LogP contribution in [0.1, 0.15) is 49.7 Å². The van der Waals surface area contributed by atoms with Crippen LogP contribution < -0.4 is 9.80 Å². The largest absolute Gasteiger partial charge is 0.358 e. The molecule has 3 aromatic carbocycles.